The molecule has 0 N–H and O–H groups in total. The summed E-state index contributed by atoms with van der Waals surface area (Å²) in [6.07, 6.45) is 0.390. The highest BCUT2D eigenvalue weighted by Gasteiger charge is 2.20. The van der Waals surface area contributed by atoms with Crippen LogP contribution in [-0.4, -0.2) is 23.9 Å². The number of nitrogens with zero attached hydrogens (tertiary/aromatic N) is 2. The van der Waals surface area contributed by atoms with Crippen molar-refractivity contribution in [2.24, 2.45) is 0 Å². The molecule has 3 nitrogen and oxygen atoms in total. The number of hydrogen-bond acceptors (Lipinski definition) is 2. The van der Waals surface area contributed by atoms with Crippen molar-refractivity contribution in [3.63, 3.8) is 0 Å². The largest absolute Gasteiger partial charge is 0.341 e. The topological polar surface area (TPSA) is 44.1 Å². The lowest BCUT2D eigenvalue weighted by Crippen LogP contribution is -2.34. The number of likely N-dealkylation sites (N-methyl/N-ethyl adjacent to an activating group) is 1. The molecule has 17 heavy (non-hydrogen) atoms. The van der Waals surface area contributed by atoms with Gasteiger partial charge in [0.05, 0.1) is 18.4 Å². The van der Waals surface area contributed by atoms with Gasteiger partial charge in [-0.1, -0.05) is 30.3 Å². The van der Waals surface area contributed by atoms with Crippen LogP contribution in [0.25, 0.3) is 0 Å². The summed E-state index contributed by atoms with van der Waals surface area (Å²) in [7, 11) is 0. The van der Waals surface area contributed by atoms with E-state index in [9.17, 15) is 4.79 Å². The molecule has 0 spiro atoms. The first-order valence-corrected chi connectivity index (χ1v) is 5.91. The van der Waals surface area contributed by atoms with E-state index in [0.717, 1.165) is 5.56 Å². The molecule has 1 amide bonds. The number of amides is 1. The SMILES string of the molecule is CCN(CCC#N)C(=O)C(C)c1ccccc1. The van der Waals surface area contributed by atoms with Crippen LogP contribution in [0.1, 0.15) is 31.7 Å². The van der Waals surface area contributed by atoms with Gasteiger partial charge in [-0.25, -0.2) is 0 Å². The van der Waals surface area contributed by atoms with Gasteiger partial charge in [-0.2, -0.15) is 5.26 Å². The van der Waals surface area contributed by atoms with Gasteiger partial charge in [0.2, 0.25) is 5.91 Å². The van der Waals surface area contributed by atoms with Crippen LogP contribution < -0.4 is 0 Å². The second-order valence-electron chi connectivity index (χ2n) is 3.96. The van der Waals surface area contributed by atoms with Crippen LogP contribution >= 0.6 is 0 Å². The van der Waals surface area contributed by atoms with E-state index in [4.69, 9.17) is 5.26 Å². The molecule has 1 atom stereocenters. The van der Waals surface area contributed by atoms with Crippen LogP contribution in [0.2, 0.25) is 0 Å². The maximum atomic E-state index is 12.2. The molecule has 0 saturated heterocycles. The molecule has 0 aliphatic rings. The van der Waals surface area contributed by atoms with E-state index in [1.54, 1.807) is 4.90 Å². The van der Waals surface area contributed by atoms with Gasteiger partial charge in [0.15, 0.2) is 0 Å². The summed E-state index contributed by atoms with van der Waals surface area (Å²) in [5.74, 6) is -0.0520. The summed E-state index contributed by atoms with van der Waals surface area (Å²) in [4.78, 5) is 13.9. The monoisotopic (exact) mass is 230 g/mol. The highest BCUT2D eigenvalue weighted by molar-refractivity contribution is 5.83. The third-order valence-electron chi connectivity index (χ3n) is 2.86. The van der Waals surface area contributed by atoms with Crippen molar-refractivity contribution in [2.45, 2.75) is 26.2 Å². The standard InChI is InChI=1S/C14H18N2O/c1-3-16(11-7-10-15)14(17)12(2)13-8-5-4-6-9-13/h4-6,8-9,12H,3,7,11H2,1-2H3. The summed E-state index contributed by atoms with van der Waals surface area (Å²) < 4.78 is 0. The fourth-order valence-corrected chi connectivity index (χ4v) is 1.77. The average Bonchev–Trinajstić information content (AvgIpc) is 2.39. The highest BCUT2D eigenvalue weighted by Crippen LogP contribution is 2.17. The second kappa shape index (κ2) is 6.70. The Morgan fingerprint density at radius 2 is 2.06 bits per heavy atom. The molecule has 1 rings (SSSR count). The Labute approximate surface area is 103 Å². The third-order valence-corrected chi connectivity index (χ3v) is 2.86. The summed E-state index contributed by atoms with van der Waals surface area (Å²) in [5.41, 5.74) is 1.02. The van der Waals surface area contributed by atoms with Crippen LogP contribution in [0.3, 0.4) is 0 Å². The minimum Gasteiger partial charge on any atom is -0.341 e. The molecule has 0 aromatic heterocycles. The lowest BCUT2D eigenvalue weighted by molar-refractivity contribution is -0.132. The minimum atomic E-state index is -0.144. The summed E-state index contributed by atoms with van der Waals surface area (Å²) in [6, 6.07) is 11.8. The number of rotatable bonds is 5. The van der Waals surface area contributed by atoms with Crippen LogP contribution in [0, 0.1) is 11.3 Å². The molecule has 3 heteroatoms. The lowest BCUT2D eigenvalue weighted by atomic mass is 10.00. The van der Waals surface area contributed by atoms with Gasteiger partial charge in [-0.15, -0.1) is 0 Å². The fraction of sp³-hybridized carbons (Fsp3) is 0.429. The summed E-state index contributed by atoms with van der Waals surface area (Å²) in [5, 5.41) is 8.56. The number of carbonyl (C=O) groups excluding carboxylic acids is 1. The molecule has 1 aromatic carbocycles. The van der Waals surface area contributed by atoms with Crippen molar-refractivity contribution in [2.75, 3.05) is 13.1 Å². The number of carbonyl (C=O) groups is 1. The van der Waals surface area contributed by atoms with Gasteiger partial charge in [-0.05, 0) is 19.4 Å². The van der Waals surface area contributed by atoms with Crippen LogP contribution in [-0.2, 0) is 4.79 Å². The minimum absolute atomic E-state index is 0.0916. The van der Waals surface area contributed by atoms with E-state index >= 15 is 0 Å². The number of nitriles is 1. The van der Waals surface area contributed by atoms with Gasteiger partial charge in [0.1, 0.15) is 0 Å². The smallest absolute Gasteiger partial charge is 0.229 e. The summed E-state index contributed by atoms with van der Waals surface area (Å²) >= 11 is 0. The van der Waals surface area contributed by atoms with Crippen molar-refractivity contribution in [1.29, 1.82) is 5.26 Å². The zero-order valence-electron chi connectivity index (χ0n) is 10.4. The van der Waals surface area contributed by atoms with E-state index in [-0.39, 0.29) is 11.8 Å². The third kappa shape index (κ3) is 3.60. The van der Waals surface area contributed by atoms with Crippen molar-refractivity contribution in [3.05, 3.63) is 35.9 Å². The molecule has 0 aliphatic heterocycles. The van der Waals surface area contributed by atoms with E-state index in [1.165, 1.54) is 0 Å². The lowest BCUT2D eigenvalue weighted by Gasteiger charge is -2.23. The van der Waals surface area contributed by atoms with Gasteiger partial charge in [0.25, 0.3) is 0 Å². The van der Waals surface area contributed by atoms with Gasteiger partial charge < -0.3 is 4.90 Å². The predicted molar refractivity (Wildman–Crippen MR) is 67.3 cm³/mol. The molecule has 0 saturated carbocycles. The molecule has 1 unspecified atom stereocenters. The van der Waals surface area contributed by atoms with Gasteiger partial charge in [0, 0.05) is 13.1 Å². The fourth-order valence-electron chi connectivity index (χ4n) is 1.77. The Kier molecular flexibility index (Phi) is 5.22. The maximum absolute atomic E-state index is 12.2. The van der Waals surface area contributed by atoms with Gasteiger partial charge >= 0.3 is 0 Å². The normalized spacial score (nSPS) is 11.6. The van der Waals surface area contributed by atoms with E-state index in [1.807, 2.05) is 44.2 Å². The molecule has 0 aliphatic carbocycles. The molecule has 0 heterocycles. The average molecular weight is 230 g/mol. The molecular formula is C14H18N2O. The van der Waals surface area contributed by atoms with E-state index in [2.05, 4.69) is 6.07 Å². The van der Waals surface area contributed by atoms with Crippen LogP contribution in [0.4, 0.5) is 0 Å². The second-order valence-corrected chi connectivity index (χ2v) is 3.96. The molecule has 0 fully saturated rings. The van der Waals surface area contributed by atoms with Crippen molar-refractivity contribution in [1.82, 2.24) is 4.90 Å². The first kappa shape index (κ1) is 13.2. The zero-order chi connectivity index (χ0) is 12.7. The van der Waals surface area contributed by atoms with Gasteiger partial charge in [-0.3, -0.25) is 4.79 Å². The predicted octanol–water partition coefficient (Wildman–Crippen LogP) is 2.55. The van der Waals surface area contributed by atoms with Crippen molar-refractivity contribution >= 4 is 5.91 Å². The Morgan fingerprint density at radius 1 is 1.41 bits per heavy atom. The zero-order valence-corrected chi connectivity index (χ0v) is 10.4. The Morgan fingerprint density at radius 3 is 2.59 bits per heavy atom. The Bertz CT molecular complexity index is 394. The molecular weight excluding hydrogens is 212 g/mol. The van der Waals surface area contributed by atoms with E-state index < -0.39 is 0 Å². The van der Waals surface area contributed by atoms with Crippen molar-refractivity contribution in [3.8, 4) is 6.07 Å². The highest BCUT2D eigenvalue weighted by atomic mass is 16.2. The molecule has 0 bridgehead atoms. The number of hydrogen-bond donors (Lipinski definition) is 0. The van der Waals surface area contributed by atoms with E-state index in [0.29, 0.717) is 19.5 Å². The number of benzene rings is 1. The Balaban J connectivity index is 2.71. The summed E-state index contributed by atoms with van der Waals surface area (Å²) in [6.45, 7) is 5.01. The van der Waals surface area contributed by atoms with Crippen LogP contribution in [0.5, 0.6) is 0 Å². The first-order valence-electron chi connectivity index (χ1n) is 5.91. The molecule has 1 aromatic rings. The molecule has 90 valence electrons. The quantitative estimate of drug-likeness (QED) is 0.780. The molecule has 0 radical (unpaired) electrons. The Hall–Kier alpha value is -1.82. The first-order chi connectivity index (χ1) is 8.20. The maximum Gasteiger partial charge on any atom is 0.229 e. The van der Waals surface area contributed by atoms with Crippen LogP contribution in [0.15, 0.2) is 30.3 Å². The van der Waals surface area contributed by atoms with Crippen molar-refractivity contribution < 1.29 is 4.79 Å².